The molecule has 1 aromatic rings. The normalized spacial score (nSPS) is 14.1. The fourth-order valence-electron chi connectivity index (χ4n) is 1.73. The first-order chi connectivity index (χ1) is 8.48. The summed E-state index contributed by atoms with van der Waals surface area (Å²) in [6, 6.07) is 1.67. The molecule has 0 bridgehead atoms. The molecule has 0 fully saturated rings. The lowest BCUT2D eigenvalue weighted by atomic mass is 10.3. The maximum absolute atomic E-state index is 12.5. The summed E-state index contributed by atoms with van der Waals surface area (Å²) >= 11 is 3.05. The third-order valence-corrected chi connectivity index (χ3v) is 6.68. The van der Waals surface area contributed by atoms with E-state index < -0.39 is 10.0 Å². The lowest BCUT2D eigenvalue weighted by molar-refractivity contribution is 0.385. The fourth-order valence-corrected chi connectivity index (χ4v) is 5.40. The zero-order chi connectivity index (χ0) is 13.8. The summed E-state index contributed by atoms with van der Waals surface area (Å²) in [6.45, 7) is 2.27. The van der Waals surface area contributed by atoms with E-state index in [1.807, 2.05) is 13.2 Å². The van der Waals surface area contributed by atoms with E-state index in [-0.39, 0.29) is 12.6 Å². The minimum atomic E-state index is -3.42. The van der Waals surface area contributed by atoms with Crippen molar-refractivity contribution in [1.82, 2.24) is 4.31 Å². The van der Waals surface area contributed by atoms with Crippen molar-refractivity contribution in [3.8, 4) is 0 Å². The van der Waals surface area contributed by atoms with Crippen LogP contribution < -0.4 is 5.73 Å². The Bertz CT molecular complexity index is 470. The molecule has 1 aromatic heterocycles. The van der Waals surface area contributed by atoms with Gasteiger partial charge < -0.3 is 5.73 Å². The molecule has 0 aliphatic heterocycles. The van der Waals surface area contributed by atoms with Crippen molar-refractivity contribution >= 4 is 33.1 Å². The van der Waals surface area contributed by atoms with Crippen LogP contribution in [0.2, 0.25) is 0 Å². The van der Waals surface area contributed by atoms with E-state index in [1.165, 1.54) is 15.6 Å². The van der Waals surface area contributed by atoms with Gasteiger partial charge in [0.15, 0.2) is 0 Å². The number of hydrogen-bond acceptors (Lipinski definition) is 5. The first-order valence-electron chi connectivity index (χ1n) is 5.72. The molecular weight excluding hydrogens is 288 g/mol. The average Bonchev–Trinajstić information content (AvgIpc) is 2.84. The Morgan fingerprint density at radius 3 is 2.72 bits per heavy atom. The second-order valence-corrected chi connectivity index (χ2v) is 7.83. The molecule has 0 spiro atoms. The molecular formula is C11H20N2O2S3. The Kier molecular flexibility index (Phi) is 6.13. The lowest BCUT2D eigenvalue weighted by Crippen LogP contribution is -2.38. The standard InChI is InChI=1S/C11H20N2O2S3/c1-4-9(8-16-3)13(2)18(14,15)11-5-6-17-10(11)7-12/h5-6,9H,4,7-8,12H2,1-3H3. The van der Waals surface area contributed by atoms with Crippen LogP contribution in [-0.2, 0) is 16.6 Å². The van der Waals surface area contributed by atoms with E-state index >= 15 is 0 Å². The van der Waals surface area contributed by atoms with Crippen LogP contribution >= 0.6 is 23.1 Å². The highest BCUT2D eigenvalue weighted by Gasteiger charge is 2.29. The summed E-state index contributed by atoms with van der Waals surface area (Å²) < 4.78 is 26.5. The van der Waals surface area contributed by atoms with Gasteiger partial charge in [0.25, 0.3) is 0 Å². The summed E-state index contributed by atoms with van der Waals surface area (Å²) in [6.07, 6.45) is 2.79. The van der Waals surface area contributed by atoms with E-state index in [1.54, 1.807) is 30.3 Å². The molecule has 0 aromatic carbocycles. The number of nitrogens with two attached hydrogens (primary N) is 1. The third-order valence-electron chi connectivity index (χ3n) is 2.89. The second-order valence-electron chi connectivity index (χ2n) is 3.95. The molecule has 1 atom stereocenters. The summed E-state index contributed by atoms with van der Waals surface area (Å²) in [5.41, 5.74) is 5.58. The first kappa shape index (κ1) is 16.0. The topological polar surface area (TPSA) is 63.4 Å². The monoisotopic (exact) mass is 308 g/mol. The number of hydrogen-bond donors (Lipinski definition) is 1. The molecule has 1 heterocycles. The van der Waals surface area contributed by atoms with Gasteiger partial charge in [-0.1, -0.05) is 6.92 Å². The average molecular weight is 308 g/mol. The molecule has 0 aliphatic rings. The van der Waals surface area contributed by atoms with Crippen LogP contribution in [0.3, 0.4) is 0 Å². The van der Waals surface area contributed by atoms with Gasteiger partial charge in [-0.05, 0) is 24.1 Å². The van der Waals surface area contributed by atoms with Crippen LogP contribution in [0, 0.1) is 0 Å². The zero-order valence-electron chi connectivity index (χ0n) is 10.9. The zero-order valence-corrected chi connectivity index (χ0v) is 13.4. The fraction of sp³-hybridized carbons (Fsp3) is 0.636. The van der Waals surface area contributed by atoms with Crippen LogP contribution in [0.15, 0.2) is 16.3 Å². The minimum absolute atomic E-state index is 0.0236. The highest BCUT2D eigenvalue weighted by atomic mass is 32.2. The Labute approximate surface area is 118 Å². The summed E-state index contributed by atoms with van der Waals surface area (Å²) in [7, 11) is -1.77. The van der Waals surface area contributed by atoms with Crippen LogP contribution in [0.5, 0.6) is 0 Å². The van der Waals surface area contributed by atoms with Gasteiger partial charge in [0.2, 0.25) is 10.0 Å². The summed E-state index contributed by atoms with van der Waals surface area (Å²) in [5, 5.41) is 1.78. The van der Waals surface area contributed by atoms with Crippen molar-refractivity contribution in [2.24, 2.45) is 5.73 Å². The quantitative estimate of drug-likeness (QED) is 0.836. The van der Waals surface area contributed by atoms with Gasteiger partial charge in [-0.15, -0.1) is 11.3 Å². The Balaban J connectivity index is 3.06. The Hall–Kier alpha value is -0.0800. The highest BCUT2D eigenvalue weighted by Crippen LogP contribution is 2.26. The van der Waals surface area contributed by atoms with Gasteiger partial charge in [-0.2, -0.15) is 16.1 Å². The van der Waals surface area contributed by atoms with Crippen molar-refractivity contribution in [3.63, 3.8) is 0 Å². The Morgan fingerprint density at radius 1 is 1.56 bits per heavy atom. The molecule has 0 saturated heterocycles. The largest absolute Gasteiger partial charge is 0.326 e. The maximum Gasteiger partial charge on any atom is 0.244 e. The molecule has 4 nitrogen and oxygen atoms in total. The van der Waals surface area contributed by atoms with Gasteiger partial charge >= 0.3 is 0 Å². The van der Waals surface area contributed by atoms with E-state index in [9.17, 15) is 8.42 Å². The van der Waals surface area contributed by atoms with E-state index in [0.29, 0.717) is 4.90 Å². The molecule has 7 heteroatoms. The number of rotatable bonds is 7. The molecule has 104 valence electrons. The smallest absolute Gasteiger partial charge is 0.244 e. The van der Waals surface area contributed by atoms with Crippen molar-refractivity contribution in [3.05, 3.63) is 16.3 Å². The summed E-state index contributed by atoms with van der Waals surface area (Å²) in [5.74, 6) is 0.800. The molecule has 0 amide bonds. The van der Waals surface area contributed by atoms with Crippen molar-refractivity contribution < 1.29 is 8.42 Å². The van der Waals surface area contributed by atoms with E-state index in [4.69, 9.17) is 5.73 Å². The summed E-state index contributed by atoms with van der Waals surface area (Å²) in [4.78, 5) is 1.08. The van der Waals surface area contributed by atoms with Gasteiger partial charge in [-0.25, -0.2) is 8.42 Å². The van der Waals surface area contributed by atoms with Crippen molar-refractivity contribution in [2.75, 3.05) is 19.1 Å². The molecule has 0 aliphatic carbocycles. The number of thiophene rings is 1. The second kappa shape index (κ2) is 6.91. The molecule has 1 rings (SSSR count). The number of nitrogens with zero attached hydrogens (tertiary/aromatic N) is 1. The minimum Gasteiger partial charge on any atom is -0.326 e. The Morgan fingerprint density at radius 2 is 2.22 bits per heavy atom. The van der Waals surface area contributed by atoms with Crippen molar-refractivity contribution in [2.45, 2.75) is 30.8 Å². The maximum atomic E-state index is 12.5. The van der Waals surface area contributed by atoms with Gasteiger partial charge in [0.05, 0.1) is 4.90 Å². The number of thioether (sulfide) groups is 1. The third kappa shape index (κ3) is 3.27. The first-order valence-corrected chi connectivity index (χ1v) is 9.43. The predicted octanol–water partition coefficient (Wildman–Crippen LogP) is 1.97. The highest BCUT2D eigenvalue weighted by molar-refractivity contribution is 7.98. The van der Waals surface area contributed by atoms with Crippen molar-refractivity contribution in [1.29, 1.82) is 0 Å². The van der Waals surface area contributed by atoms with Crippen LogP contribution in [0.4, 0.5) is 0 Å². The van der Waals surface area contributed by atoms with Gasteiger partial charge in [0, 0.05) is 30.3 Å². The van der Waals surface area contributed by atoms with E-state index in [0.717, 1.165) is 17.1 Å². The lowest BCUT2D eigenvalue weighted by Gasteiger charge is -2.26. The van der Waals surface area contributed by atoms with Crippen LogP contribution in [0.25, 0.3) is 0 Å². The number of sulfonamides is 1. The predicted molar refractivity (Wildman–Crippen MR) is 79.6 cm³/mol. The molecule has 0 radical (unpaired) electrons. The SMILES string of the molecule is CCC(CSC)N(C)S(=O)(=O)c1ccsc1CN. The van der Waals surface area contributed by atoms with Gasteiger partial charge in [0.1, 0.15) is 0 Å². The van der Waals surface area contributed by atoms with E-state index in [2.05, 4.69) is 0 Å². The van der Waals surface area contributed by atoms with Crippen LogP contribution in [-0.4, -0.2) is 37.8 Å². The molecule has 1 unspecified atom stereocenters. The molecule has 18 heavy (non-hydrogen) atoms. The molecule has 0 saturated carbocycles. The molecule has 2 N–H and O–H groups in total. The van der Waals surface area contributed by atoms with Gasteiger partial charge in [-0.3, -0.25) is 0 Å². The van der Waals surface area contributed by atoms with Crippen LogP contribution in [0.1, 0.15) is 18.2 Å².